The summed E-state index contributed by atoms with van der Waals surface area (Å²) in [4.78, 5) is 50.4. The van der Waals surface area contributed by atoms with Crippen molar-refractivity contribution in [3.05, 3.63) is 84.3 Å². The van der Waals surface area contributed by atoms with Crippen LogP contribution in [-0.4, -0.2) is 41.0 Å². The molecule has 0 fully saturated rings. The number of carbonyl (C=O) groups excluding carboxylic acids is 3. The lowest BCUT2D eigenvalue weighted by Crippen LogP contribution is -2.40. The highest BCUT2D eigenvalue weighted by Crippen LogP contribution is 2.37. The number of nitrogens with zero attached hydrogens (tertiary/aromatic N) is 4. The van der Waals surface area contributed by atoms with Gasteiger partial charge in [-0.2, -0.15) is 18.3 Å². The molecule has 0 bridgehead atoms. The first-order chi connectivity index (χ1) is 17.8. The van der Waals surface area contributed by atoms with Crippen LogP contribution in [0.4, 0.5) is 28.8 Å². The van der Waals surface area contributed by atoms with E-state index >= 15 is 0 Å². The molecule has 3 rings (SSSR count). The van der Waals surface area contributed by atoms with Gasteiger partial charge in [-0.15, -0.1) is 0 Å². The van der Waals surface area contributed by atoms with E-state index in [4.69, 9.17) is 23.2 Å². The molecule has 2 aromatic carbocycles. The van der Waals surface area contributed by atoms with Crippen LogP contribution in [0.1, 0.15) is 31.3 Å². The number of urea groups is 1. The molecule has 1 aromatic heterocycles. The molecule has 0 spiro atoms. The molecule has 0 saturated carbocycles. The van der Waals surface area contributed by atoms with Gasteiger partial charge in [-0.05, 0) is 18.2 Å². The Morgan fingerprint density at radius 3 is 2.47 bits per heavy atom. The Morgan fingerprint density at radius 2 is 1.84 bits per heavy atom. The number of alkyl halides is 3. The van der Waals surface area contributed by atoms with Gasteiger partial charge in [0.15, 0.2) is 10.8 Å². The van der Waals surface area contributed by atoms with Crippen LogP contribution in [0.2, 0.25) is 10.0 Å². The molecule has 17 heteroatoms. The molecular weight excluding hydrogens is 576 g/mol. The maximum absolute atomic E-state index is 13.6. The molecule has 1 heterocycles. The molecule has 0 radical (unpaired) electrons. The number of nitrogens with one attached hydrogen (secondary N) is 2. The minimum Gasteiger partial charge on any atom is -0.273 e. The van der Waals surface area contributed by atoms with E-state index in [0.29, 0.717) is 4.90 Å². The van der Waals surface area contributed by atoms with Gasteiger partial charge >= 0.3 is 12.2 Å². The number of thiazole rings is 1. The topological polar surface area (TPSA) is 147 Å². The van der Waals surface area contributed by atoms with Crippen LogP contribution < -0.4 is 15.6 Å². The van der Waals surface area contributed by atoms with Crippen molar-refractivity contribution < 1.29 is 32.5 Å². The number of anilines is 1. The summed E-state index contributed by atoms with van der Waals surface area (Å²) in [7, 11) is 1.04. The van der Waals surface area contributed by atoms with E-state index in [1.165, 1.54) is 36.4 Å². The molecular formula is C21H13Cl2F3N6O5S. The average molecular weight is 589 g/mol. The number of rotatable bonds is 6. The summed E-state index contributed by atoms with van der Waals surface area (Å²) >= 11 is 11.8. The lowest BCUT2D eigenvalue weighted by Gasteiger charge is -2.14. The number of hydrazone groups is 1. The van der Waals surface area contributed by atoms with Gasteiger partial charge in [0, 0.05) is 30.3 Å². The summed E-state index contributed by atoms with van der Waals surface area (Å²) in [6.07, 6.45) is -4.08. The van der Waals surface area contributed by atoms with Gasteiger partial charge in [-0.3, -0.25) is 29.9 Å². The van der Waals surface area contributed by atoms with Crippen molar-refractivity contribution in [1.29, 1.82) is 0 Å². The van der Waals surface area contributed by atoms with Crippen molar-refractivity contribution in [3.63, 3.8) is 0 Å². The quantitative estimate of drug-likeness (QED) is 0.232. The number of amides is 4. The van der Waals surface area contributed by atoms with Gasteiger partial charge in [0.2, 0.25) is 0 Å². The summed E-state index contributed by atoms with van der Waals surface area (Å²) in [5.74, 6) is -2.22. The first-order valence-corrected chi connectivity index (χ1v) is 11.5. The third-order valence-electron chi connectivity index (χ3n) is 4.55. The molecule has 0 unspecified atom stereocenters. The Labute approximate surface area is 225 Å². The molecule has 4 amide bonds. The molecule has 198 valence electrons. The predicted molar refractivity (Wildman–Crippen MR) is 133 cm³/mol. The Morgan fingerprint density at radius 1 is 1.13 bits per heavy atom. The van der Waals surface area contributed by atoms with E-state index < -0.39 is 44.6 Å². The van der Waals surface area contributed by atoms with Crippen LogP contribution >= 0.6 is 34.5 Å². The van der Waals surface area contributed by atoms with Gasteiger partial charge in [-0.1, -0.05) is 46.7 Å². The molecule has 2 N–H and O–H groups in total. The number of hydrogen-bond acceptors (Lipinski definition) is 8. The van der Waals surface area contributed by atoms with E-state index in [1.54, 1.807) is 0 Å². The summed E-state index contributed by atoms with van der Waals surface area (Å²) < 4.78 is 40.7. The molecule has 3 aromatic rings. The second-order valence-corrected chi connectivity index (χ2v) is 8.96. The molecule has 0 saturated heterocycles. The smallest absolute Gasteiger partial charge is 0.273 e. The normalized spacial score (nSPS) is 11.3. The number of non-ortho nitro benzene ring substituents is 1. The summed E-state index contributed by atoms with van der Waals surface area (Å²) in [6.45, 7) is 0. The minimum absolute atomic E-state index is 0.0404. The second kappa shape index (κ2) is 11.5. The lowest BCUT2D eigenvalue weighted by atomic mass is 10.2. The number of nitro groups is 1. The lowest BCUT2D eigenvalue weighted by molar-refractivity contribution is -0.384. The molecule has 0 atom stereocenters. The number of halogens is 5. The fourth-order valence-corrected chi connectivity index (χ4v) is 3.94. The maximum atomic E-state index is 13.6. The number of carbonyl (C=O) groups is 3. The fourth-order valence-electron chi connectivity index (χ4n) is 2.71. The molecule has 38 heavy (non-hydrogen) atoms. The molecule has 11 nitrogen and oxygen atoms in total. The zero-order valence-electron chi connectivity index (χ0n) is 18.7. The Hall–Kier alpha value is -4.08. The van der Waals surface area contributed by atoms with E-state index in [0.717, 1.165) is 19.3 Å². The summed E-state index contributed by atoms with van der Waals surface area (Å²) in [5.41, 5.74) is 0.197. The first-order valence-electron chi connectivity index (χ1n) is 9.98. The van der Waals surface area contributed by atoms with Gasteiger partial charge in [0.1, 0.15) is 4.88 Å². The molecule has 0 aliphatic carbocycles. The number of hydrogen-bond donors (Lipinski definition) is 2. The van der Waals surface area contributed by atoms with E-state index in [2.05, 4.69) is 10.1 Å². The van der Waals surface area contributed by atoms with Crippen LogP contribution in [0.5, 0.6) is 0 Å². The van der Waals surface area contributed by atoms with Crippen molar-refractivity contribution in [1.82, 2.24) is 15.7 Å². The first kappa shape index (κ1) is 28.5. The van der Waals surface area contributed by atoms with E-state index in [-0.39, 0.29) is 38.2 Å². The third kappa shape index (κ3) is 6.81. The molecule has 0 aliphatic rings. The van der Waals surface area contributed by atoms with Crippen molar-refractivity contribution in [2.75, 3.05) is 11.9 Å². The summed E-state index contributed by atoms with van der Waals surface area (Å²) in [6, 6.07) is 7.76. The summed E-state index contributed by atoms with van der Waals surface area (Å²) in [5, 5.41) is 16.0. The zero-order chi connectivity index (χ0) is 28.2. The van der Waals surface area contributed by atoms with Gasteiger partial charge in [-0.25, -0.2) is 15.2 Å². The monoisotopic (exact) mass is 588 g/mol. The van der Waals surface area contributed by atoms with Crippen molar-refractivity contribution in [2.45, 2.75) is 6.18 Å². The highest BCUT2D eigenvalue weighted by Gasteiger charge is 2.40. The van der Waals surface area contributed by atoms with Gasteiger partial charge < -0.3 is 0 Å². The third-order valence-corrected chi connectivity index (χ3v) is 6.41. The largest absolute Gasteiger partial charge is 0.435 e. The Bertz CT molecular complexity index is 1460. The van der Waals surface area contributed by atoms with Crippen LogP contribution in [0.15, 0.2) is 47.6 Å². The standard InChI is InChI=1S/C21H13Cl2F3N6O5S/c1-31(19(35)29-17(33)11-5-6-13(22)14(23)8-11)20-28-16(21(24,25)26)15(38-20)18(34)30-27-9-10-3-2-4-12(7-10)32(36)37/h2-9H,1H3,(H,30,34)(H,29,33,35)/b27-9+. The minimum atomic E-state index is -5.07. The molecule has 0 aliphatic heterocycles. The highest BCUT2D eigenvalue weighted by atomic mass is 35.5. The van der Waals surface area contributed by atoms with Gasteiger partial charge in [0.25, 0.3) is 17.5 Å². The highest BCUT2D eigenvalue weighted by molar-refractivity contribution is 7.17. The van der Waals surface area contributed by atoms with Crippen molar-refractivity contribution in [3.8, 4) is 0 Å². The fraction of sp³-hybridized carbons (Fsp3) is 0.0952. The Balaban J connectivity index is 1.78. The number of nitro benzene ring substituents is 1. The predicted octanol–water partition coefficient (Wildman–Crippen LogP) is 5.13. The number of imide groups is 1. The van der Waals surface area contributed by atoms with Crippen LogP contribution in [0.3, 0.4) is 0 Å². The van der Waals surface area contributed by atoms with E-state index in [9.17, 15) is 37.7 Å². The van der Waals surface area contributed by atoms with Crippen molar-refractivity contribution in [2.24, 2.45) is 5.10 Å². The Kier molecular flexibility index (Phi) is 8.65. The average Bonchev–Trinajstić information content (AvgIpc) is 3.31. The zero-order valence-corrected chi connectivity index (χ0v) is 21.1. The van der Waals surface area contributed by atoms with Crippen LogP contribution in [0, 0.1) is 10.1 Å². The van der Waals surface area contributed by atoms with Gasteiger partial charge in [0.05, 0.1) is 21.2 Å². The van der Waals surface area contributed by atoms with Crippen LogP contribution in [0.25, 0.3) is 0 Å². The maximum Gasteiger partial charge on any atom is 0.435 e. The van der Waals surface area contributed by atoms with Crippen molar-refractivity contribution >= 4 is 69.4 Å². The number of benzene rings is 2. The SMILES string of the molecule is CN(C(=O)NC(=O)c1ccc(Cl)c(Cl)c1)c1nc(C(F)(F)F)c(C(=O)N/N=C/c2cccc([N+](=O)[O-])c2)s1. The van der Waals surface area contributed by atoms with Crippen LogP contribution in [-0.2, 0) is 6.18 Å². The van der Waals surface area contributed by atoms with E-state index in [1.807, 2.05) is 10.7 Å². The number of aromatic nitrogens is 1. The second-order valence-electron chi connectivity index (χ2n) is 7.17.